The third kappa shape index (κ3) is 2.03. The number of hydrogen-bond acceptors (Lipinski definition) is 4. The van der Waals surface area contributed by atoms with E-state index in [4.69, 9.17) is 5.73 Å². The summed E-state index contributed by atoms with van der Waals surface area (Å²) in [5.74, 6) is -0.940. The molecule has 17 heavy (non-hydrogen) atoms. The Balaban J connectivity index is 2.57. The molecule has 1 aromatic carbocycles. The summed E-state index contributed by atoms with van der Waals surface area (Å²) in [5.41, 5.74) is 4.09. The van der Waals surface area contributed by atoms with Crippen LogP contribution in [0.1, 0.15) is 5.56 Å². The fourth-order valence-electron chi connectivity index (χ4n) is 1.40. The fourth-order valence-corrected chi connectivity index (χ4v) is 1.40. The Morgan fingerprint density at radius 2 is 2.00 bits per heavy atom. The Kier molecular flexibility index (Phi) is 2.45. The number of nitrogens with zero attached hydrogens (tertiary/aromatic N) is 1. The van der Waals surface area contributed by atoms with Crippen molar-refractivity contribution in [3.63, 3.8) is 0 Å². The number of aromatic hydroxyl groups is 1. The zero-order valence-electron chi connectivity index (χ0n) is 8.32. The van der Waals surface area contributed by atoms with E-state index in [2.05, 4.69) is 9.68 Å². The molecule has 1 aromatic heterocycles. The number of nitrogen functional groups attached to an aromatic ring is 1. The Morgan fingerprint density at radius 3 is 2.53 bits per heavy atom. The molecular weight excluding hydrogens is 237 g/mol. The van der Waals surface area contributed by atoms with Crippen LogP contribution >= 0.6 is 0 Å². The van der Waals surface area contributed by atoms with E-state index in [-0.39, 0.29) is 17.1 Å². The Labute approximate surface area is 93.4 Å². The van der Waals surface area contributed by atoms with Crippen molar-refractivity contribution in [2.75, 3.05) is 5.73 Å². The zero-order valence-corrected chi connectivity index (χ0v) is 8.32. The molecule has 0 fully saturated rings. The molecule has 0 saturated carbocycles. The number of anilines is 1. The summed E-state index contributed by atoms with van der Waals surface area (Å²) >= 11 is 0. The number of alkyl halides is 3. The third-order valence-electron chi connectivity index (χ3n) is 2.15. The molecule has 0 bridgehead atoms. The van der Waals surface area contributed by atoms with E-state index < -0.39 is 17.5 Å². The van der Waals surface area contributed by atoms with Crippen molar-refractivity contribution >= 4 is 5.88 Å². The second-order valence-corrected chi connectivity index (χ2v) is 3.31. The van der Waals surface area contributed by atoms with Crippen molar-refractivity contribution in [2.45, 2.75) is 6.18 Å². The highest BCUT2D eigenvalue weighted by Gasteiger charge is 2.35. The molecule has 1 heterocycles. The van der Waals surface area contributed by atoms with Gasteiger partial charge < -0.3 is 15.4 Å². The van der Waals surface area contributed by atoms with Gasteiger partial charge in [0.1, 0.15) is 11.4 Å². The van der Waals surface area contributed by atoms with Gasteiger partial charge in [0.25, 0.3) is 0 Å². The molecule has 2 aromatic rings. The molecule has 0 atom stereocenters. The van der Waals surface area contributed by atoms with Crippen LogP contribution in [0.25, 0.3) is 11.3 Å². The van der Waals surface area contributed by atoms with Gasteiger partial charge in [-0.15, -0.1) is 0 Å². The quantitative estimate of drug-likeness (QED) is 0.808. The fraction of sp³-hybridized carbons (Fsp3) is 0.100. The second kappa shape index (κ2) is 3.69. The molecule has 0 amide bonds. The first-order valence-corrected chi connectivity index (χ1v) is 4.51. The molecule has 3 N–H and O–H groups in total. The highest BCUT2D eigenvalue weighted by Crippen LogP contribution is 2.40. The van der Waals surface area contributed by atoms with Gasteiger partial charge in [-0.3, -0.25) is 0 Å². The summed E-state index contributed by atoms with van der Waals surface area (Å²) in [4.78, 5) is 0. The van der Waals surface area contributed by atoms with E-state index in [0.717, 1.165) is 6.07 Å². The van der Waals surface area contributed by atoms with Gasteiger partial charge in [-0.2, -0.15) is 13.2 Å². The lowest BCUT2D eigenvalue weighted by atomic mass is 10.1. The van der Waals surface area contributed by atoms with Crippen LogP contribution in [-0.2, 0) is 6.18 Å². The molecule has 90 valence electrons. The Morgan fingerprint density at radius 1 is 1.29 bits per heavy atom. The average molecular weight is 244 g/mol. The van der Waals surface area contributed by atoms with Gasteiger partial charge in [0.05, 0.1) is 5.56 Å². The van der Waals surface area contributed by atoms with Crippen LogP contribution in [0.4, 0.5) is 19.1 Å². The van der Waals surface area contributed by atoms with E-state index in [1.165, 1.54) is 18.2 Å². The topological polar surface area (TPSA) is 72.3 Å². The number of benzene rings is 1. The van der Waals surface area contributed by atoms with Gasteiger partial charge >= 0.3 is 6.18 Å². The molecule has 0 aliphatic carbocycles. The largest absolute Gasteiger partial charge is 0.507 e. The molecule has 0 saturated heterocycles. The molecule has 0 radical (unpaired) electrons. The van der Waals surface area contributed by atoms with Crippen molar-refractivity contribution in [1.82, 2.24) is 5.16 Å². The van der Waals surface area contributed by atoms with Crippen molar-refractivity contribution in [2.24, 2.45) is 0 Å². The van der Waals surface area contributed by atoms with E-state index >= 15 is 0 Å². The monoisotopic (exact) mass is 244 g/mol. The summed E-state index contributed by atoms with van der Waals surface area (Å²) in [6.45, 7) is 0. The van der Waals surface area contributed by atoms with Crippen LogP contribution in [0.15, 0.2) is 28.8 Å². The maximum absolute atomic E-state index is 12.5. The van der Waals surface area contributed by atoms with Crippen molar-refractivity contribution in [3.8, 4) is 17.0 Å². The van der Waals surface area contributed by atoms with Crippen molar-refractivity contribution in [1.29, 1.82) is 0 Å². The summed E-state index contributed by atoms with van der Waals surface area (Å²) in [6.07, 6.45) is -4.63. The van der Waals surface area contributed by atoms with Gasteiger partial charge in [-0.25, -0.2) is 0 Å². The number of nitrogens with two attached hydrogens (primary N) is 1. The molecule has 0 unspecified atom stereocenters. The first-order chi connectivity index (χ1) is 7.89. The van der Waals surface area contributed by atoms with Crippen molar-refractivity contribution in [3.05, 3.63) is 29.8 Å². The van der Waals surface area contributed by atoms with Gasteiger partial charge in [0.15, 0.2) is 0 Å². The standard InChI is InChI=1S/C10H7F3N2O2/c11-10(12,13)6-3-1-2-5(9(6)16)7-4-8(14)17-15-7/h1-4,16H,14H2. The van der Waals surface area contributed by atoms with E-state index in [0.29, 0.717) is 0 Å². The van der Waals surface area contributed by atoms with Crippen LogP contribution in [-0.4, -0.2) is 10.3 Å². The summed E-state index contributed by atoms with van der Waals surface area (Å²) in [7, 11) is 0. The maximum atomic E-state index is 12.5. The smallest absolute Gasteiger partial charge is 0.419 e. The van der Waals surface area contributed by atoms with Crippen molar-refractivity contribution < 1.29 is 22.8 Å². The first kappa shape index (κ1) is 11.3. The van der Waals surface area contributed by atoms with Crippen LogP contribution in [0.3, 0.4) is 0 Å². The predicted octanol–water partition coefficient (Wildman–Crippen LogP) is 2.65. The SMILES string of the molecule is Nc1cc(-c2cccc(C(F)(F)F)c2O)no1. The maximum Gasteiger partial charge on any atom is 0.419 e. The minimum atomic E-state index is -4.63. The molecule has 0 aliphatic heterocycles. The number of para-hydroxylation sites is 1. The molecular formula is C10H7F3N2O2. The lowest BCUT2D eigenvalue weighted by molar-refractivity contribution is -0.138. The predicted molar refractivity (Wildman–Crippen MR) is 53.0 cm³/mol. The second-order valence-electron chi connectivity index (χ2n) is 3.31. The number of phenols is 1. The van der Waals surface area contributed by atoms with Gasteiger partial charge in [-0.1, -0.05) is 11.2 Å². The van der Waals surface area contributed by atoms with Gasteiger partial charge in [0.2, 0.25) is 5.88 Å². The minimum Gasteiger partial charge on any atom is -0.507 e. The molecule has 2 rings (SSSR count). The number of aromatic nitrogens is 1. The van der Waals surface area contributed by atoms with Crippen LogP contribution in [0.5, 0.6) is 5.75 Å². The average Bonchev–Trinajstić information content (AvgIpc) is 2.63. The van der Waals surface area contributed by atoms with E-state index in [1.54, 1.807) is 0 Å². The number of hydrogen-bond donors (Lipinski definition) is 2. The number of halogens is 3. The lowest BCUT2D eigenvalue weighted by Gasteiger charge is -2.10. The number of phenolic OH excluding ortho intramolecular Hbond substituents is 1. The third-order valence-corrected chi connectivity index (χ3v) is 2.15. The van der Waals surface area contributed by atoms with Crippen LogP contribution in [0, 0.1) is 0 Å². The highest BCUT2D eigenvalue weighted by molar-refractivity contribution is 5.70. The summed E-state index contributed by atoms with van der Waals surface area (Å²) in [5, 5.41) is 13.0. The van der Waals surface area contributed by atoms with E-state index in [9.17, 15) is 18.3 Å². The number of rotatable bonds is 1. The highest BCUT2D eigenvalue weighted by atomic mass is 19.4. The Bertz CT molecular complexity index is 549. The molecule has 0 spiro atoms. The first-order valence-electron chi connectivity index (χ1n) is 4.51. The van der Waals surface area contributed by atoms with E-state index in [1.807, 2.05) is 0 Å². The minimum absolute atomic E-state index is 0.0446. The normalized spacial score (nSPS) is 11.7. The molecule has 7 heteroatoms. The van der Waals surface area contributed by atoms with Crippen LogP contribution in [0.2, 0.25) is 0 Å². The molecule has 0 aliphatic rings. The summed E-state index contributed by atoms with van der Waals surface area (Å²) in [6, 6.07) is 4.47. The lowest BCUT2D eigenvalue weighted by Crippen LogP contribution is -2.05. The zero-order chi connectivity index (χ0) is 12.6. The Hall–Kier alpha value is -2.18. The van der Waals surface area contributed by atoms with Gasteiger partial charge in [-0.05, 0) is 12.1 Å². The van der Waals surface area contributed by atoms with Gasteiger partial charge in [0, 0.05) is 11.6 Å². The molecule has 4 nitrogen and oxygen atoms in total. The van der Waals surface area contributed by atoms with Crippen LogP contribution < -0.4 is 5.73 Å². The summed E-state index contributed by atoms with van der Waals surface area (Å²) < 4.78 is 42.1.